The van der Waals surface area contributed by atoms with E-state index in [1.807, 2.05) is 23.1 Å². The summed E-state index contributed by atoms with van der Waals surface area (Å²) < 4.78 is 0. The van der Waals surface area contributed by atoms with E-state index in [9.17, 15) is 4.79 Å². The second-order valence-corrected chi connectivity index (χ2v) is 5.24. The van der Waals surface area contributed by atoms with Gasteiger partial charge in [0, 0.05) is 26.2 Å². The van der Waals surface area contributed by atoms with E-state index in [-0.39, 0.29) is 6.03 Å². The van der Waals surface area contributed by atoms with Crippen LogP contribution in [-0.2, 0) is 6.42 Å². The van der Waals surface area contributed by atoms with Crippen LogP contribution in [0.1, 0.15) is 18.9 Å². The first-order valence-electron chi connectivity index (χ1n) is 7.58. The van der Waals surface area contributed by atoms with Crippen LogP contribution in [0.4, 0.5) is 4.79 Å². The SMILES string of the molecule is CCN1CCCN(C(=O)NCCc2ccccc2)CC1. The quantitative estimate of drug-likeness (QED) is 0.912. The molecule has 20 heavy (non-hydrogen) atoms. The maximum atomic E-state index is 12.1. The fraction of sp³-hybridized carbons (Fsp3) is 0.562. The molecule has 0 aromatic heterocycles. The third-order valence-corrected chi connectivity index (χ3v) is 3.86. The van der Waals surface area contributed by atoms with Gasteiger partial charge in [-0.25, -0.2) is 4.79 Å². The van der Waals surface area contributed by atoms with Crippen molar-refractivity contribution < 1.29 is 4.79 Å². The van der Waals surface area contributed by atoms with E-state index in [4.69, 9.17) is 0 Å². The molecule has 1 saturated heterocycles. The minimum atomic E-state index is 0.0823. The van der Waals surface area contributed by atoms with Crippen LogP contribution in [0.3, 0.4) is 0 Å². The summed E-state index contributed by atoms with van der Waals surface area (Å²) in [6.07, 6.45) is 1.96. The Morgan fingerprint density at radius 3 is 2.70 bits per heavy atom. The highest BCUT2D eigenvalue weighted by Crippen LogP contribution is 2.03. The van der Waals surface area contributed by atoms with E-state index in [1.165, 1.54) is 5.56 Å². The predicted octanol–water partition coefficient (Wildman–Crippen LogP) is 1.97. The lowest BCUT2D eigenvalue weighted by atomic mass is 10.1. The molecule has 4 nitrogen and oxygen atoms in total. The summed E-state index contributed by atoms with van der Waals surface area (Å²) in [4.78, 5) is 16.5. The maximum absolute atomic E-state index is 12.1. The van der Waals surface area contributed by atoms with Gasteiger partial charge in [-0.15, -0.1) is 0 Å². The predicted molar refractivity (Wildman–Crippen MR) is 81.8 cm³/mol. The van der Waals surface area contributed by atoms with Gasteiger partial charge in [-0.2, -0.15) is 0 Å². The summed E-state index contributed by atoms with van der Waals surface area (Å²) in [6.45, 7) is 7.75. The van der Waals surface area contributed by atoms with Crippen LogP contribution in [0, 0.1) is 0 Å². The molecule has 0 radical (unpaired) electrons. The van der Waals surface area contributed by atoms with Gasteiger partial charge in [0.05, 0.1) is 0 Å². The van der Waals surface area contributed by atoms with Crippen molar-refractivity contribution in [2.24, 2.45) is 0 Å². The molecule has 1 fully saturated rings. The van der Waals surface area contributed by atoms with Crippen LogP contribution >= 0.6 is 0 Å². The van der Waals surface area contributed by atoms with Crippen molar-refractivity contribution in [1.82, 2.24) is 15.1 Å². The topological polar surface area (TPSA) is 35.6 Å². The molecular formula is C16H25N3O. The second-order valence-electron chi connectivity index (χ2n) is 5.24. The number of hydrogen-bond acceptors (Lipinski definition) is 2. The first kappa shape index (κ1) is 14.9. The lowest BCUT2D eigenvalue weighted by Gasteiger charge is -2.21. The van der Waals surface area contributed by atoms with E-state index in [0.29, 0.717) is 6.54 Å². The molecule has 0 bridgehead atoms. The lowest BCUT2D eigenvalue weighted by Crippen LogP contribution is -2.42. The zero-order chi connectivity index (χ0) is 14.2. The first-order valence-corrected chi connectivity index (χ1v) is 7.58. The number of hydrogen-bond donors (Lipinski definition) is 1. The summed E-state index contributed by atoms with van der Waals surface area (Å²) >= 11 is 0. The highest BCUT2D eigenvalue weighted by Gasteiger charge is 2.17. The number of nitrogens with one attached hydrogen (secondary N) is 1. The van der Waals surface area contributed by atoms with Crippen molar-refractivity contribution in [3.8, 4) is 0 Å². The zero-order valence-electron chi connectivity index (χ0n) is 12.3. The van der Waals surface area contributed by atoms with Crippen LogP contribution in [0.25, 0.3) is 0 Å². The highest BCUT2D eigenvalue weighted by molar-refractivity contribution is 5.74. The number of carbonyl (C=O) groups excluding carboxylic acids is 1. The molecule has 1 aliphatic heterocycles. The van der Waals surface area contributed by atoms with Gasteiger partial charge in [0.1, 0.15) is 0 Å². The van der Waals surface area contributed by atoms with E-state index < -0.39 is 0 Å². The van der Waals surface area contributed by atoms with Crippen molar-refractivity contribution in [3.63, 3.8) is 0 Å². The number of carbonyl (C=O) groups is 1. The summed E-state index contributed by atoms with van der Waals surface area (Å²) in [6, 6.07) is 10.3. The average molecular weight is 275 g/mol. The third kappa shape index (κ3) is 4.53. The number of benzene rings is 1. The molecule has 0 atom stereocenters. The van der Waals surface area contributed by atoms with Crippen LogP contribution in [0.2, 0.25) is 0 Å². The van der Waals surface area contributed by atoms with Gasteiger partial charge < -0.3 is 15.1 Å². The van der Waals surface area contributed by atoms with Crippen molar-refractivity contribution in [2.45, 2.75) is 19.8 Å². The minimum absolute atomic E-state index is 0.0823. The largest absolute Gasteiger partial charge is 0.338 e. The summed E-state index contributed by atoms with van der Waals surface area (Å²) in [5, 5.41) is 3.03. The van der Waals surface area contributed by atoms with Crippen LogP contribution in [-0.4, -0.2) is 55.1 Å². The Balaban J connectivity index is 1.71. The van der Waals surface area contributed by atoms with Gasteiger partial charge in [0.2, 0.25) is 0 Å². The van der Waals surface area contributed by atoms with Gasteiger partial charge in [0.15, 0.2) is 0 Å². The monoisotopic (exact) mass is 275 g/mol. The lowest BCUT2D eigenvalue weighted by molar-refractivity contribution is 0.198. The maximum Gasteiger partial charge on any atom is 0.317 e. The fourth-order valence-electron chi connectivity index (χ4n) is 2.56. The number of amides is 2. The van der Waals surface area contributed by atoms with E-state index in [2.05, 4.69) is 29.3 Å². The molecule has 1 heterocycles. The smallest absolute Gasteiger partial charge is 0.317 e. The molecule has 1 aliphatic rings. The van der Waals surface area contributed by atoms with Gasteiger partial charge in [-0.1, -0.05) is 37.3 Å². The number of nitrogens with zero attached hydrogens (tertiary/aromatic N) is 2. The van der Waals surface area contributed by atoms with E-state index >= 15 is 0 Å². The molecule has 110 valence electrons. The third-order valence-electron chi connectivity index (χ3n) is 3.86. The average Bonchev–Trinajstić information content (AvgIpc) is 2.73. The summed E-state index contributed by atoms with van der Waals surface area (Å²) in [5.41, 5.74) is 1.26. The van der Waals surface area contributed by atoms with Crippen LogP contribution in [0.5, 0.6) is 0 Å². The minimum Gasteiger partial charge on any atom is -0.338 e. The first-order chi connectivity index (χ1) is 9.79. The van der Waals surface area contributed by atoms with Gasteiger partial charge in [-0.3, -0.25) is 0 Å². The molecule has 4 heteroatoms. The molecule has 0 unspecified atom stereocenters. The standard InChI is InChI=1S/C16H25N3O/c1-2-18-11-6-12-19(14-13-18)16(20)17-10-9-15-7-4-3-5-8-15/h3-5,7-8H,2,6,9-14H2,1H3,(H,17,20). The summed E-state index contributed by atoms with van der Waals surface area (Å²) in [7, 11) is 0. The van der Waals surface area contributed by atoms with Crippen molar-refractivity contribution >= 4 is 6.03 Å². The normalized spacial score (nSPS) is 16.8. The zero-order valence-corrected chi connectivity index (χ0v) is 12.3. The van der Waals surface area contributed by atoms with Crippen LogP contribution in [0.15, 0.2) is 30.3 Å². The highest BCUT2D eigenvalue weighted by atomic mass is 16.2. The molecular weight excluding hydrogens is 250 g/mol. The number of rotatable bonds is 4. The molecule has 1 aromatic rings. The van der Waals surface area contributed by atoms with Gasteiger partial charge in [0.25, 0.3) is 0 Å². The van der Waals surface area contributed by atoms with Gasteiger partial charge >= 0.3 is 6.03 Å². The Morgan fingerprint density at radius 2 is 1.95 bits per heavy atom. The molecule has 0 aliphatic carbocycles. The van der Waals surface area contributed by atoms with Crippen LogP contribution < -0.4 is 5.32 Å². The Morgan fingerprint density at radius 1 is 1.15 bits per heavy atom. The molecule has 1 aromatic carbocycles. The molecule has 0 spiro atoms. The Labute approximate surface area is 121 Å². The van der Waals surface area contributed by atoms with Crippen molar-refractivity contribution in [3.05, 3.63) is 35.9 Å². The number of likely N-dealkylation sites (N-methyl/N-ethyl adjacent to an activating group) is 1. The molecule has 2 rings (SSSR count). The molecule has 1 N–H and O–H groups in total. The summed E-state index contributed by atoms with van der Waals surface area (Å²) in [5.74, 6) is 0. The van der Waals surface area contributed by atoms with Gasteiger partial charge in [-0.05, 0) is 31.5 Å². The van der Waals surface area contributed by atoms with E-state index in [1.54, 1.807) is 0 Å². The van der Waals surface area contributed by atoms with E-state index in [0.717, 1.165) is 45.6 Å². The second kappa shape index (κ2) is 7.90. The van der Waals surface area contributed by atoms with Crippen molar-refractivity contribution in [1.29, 1.82) is 0 Å². The molecule has 0 saturated carbocycles. The Hall–Kier alpha value is -1.55. The fourth-order valence-corrected chi connectivity index (χ4v) is 2.56. The van der Waals surface area contributed by atoms with Crippen molar-refractivity contribution in [2.75, 3.05) is 39.3 Å². The number of urea groups is 1. The Bertz CT molecular complexity index is 407. The molecule has 2 amide bonds. The Kier molecular flexibility index (Phi) is 5.87.